The lowest BCUT2D eigenvalue weighted by molar-refractivity contribution is 0.163. The minimum atomic E-state index is -0.333. The Bertz CT molecular complexity index is 235. The Morgan fingerprint density at radius 1 is 1.36 bits per heavy atom. The average molecular weight is 193 g/mol. The number of nitrogens with zero attached hydrogens (tertiary/aromatic N) is 1. The quantitative estimate of drug-likeness (QED) is 0.704. The van der Waals surface area contributed by atoms with E-state index in [1.807, 2.05) is 12.1 Å². The molecule has 0 aliphatic rings. The van der Waals surface area contributed by atoms with E-state index in [1.54, 1.807) is 12.4 Å². The molecule has 1 aromatic rings. The van der Waals surface area contributed by atoms with E-state index in [2.05, 4.69) is 11.9 Å². The third-order valence-electron chi connectivity index (χ3n) is 2.40. The lowest BCUT2D eigenvalue weighted by Crippen LogP contribution is -1.97. The van der Waals surface area contributed by atoms with Crippen LogP contribution in [-0.4, -0.2) is 10.1 Å². The van der Waals surface area contributed by atoms with E-state index in [1.165, 1.54) is 19.3 Å². The van der Waals surface area contributed by atoms with Crippen LogP contribution in [0.5, 0.6) is 0 Å². The van der Waals surface area contributed by atoms with Crippen LogP contribution in [0.1, 0.15) is 50.7 Å². The Kier molecular flexibility index (Phi) is 5.23. The molecule has 1 heterocycles. The summed E-state index contributed by atoms with van der Waals surface area (Å²) in [5.41, 5.74) is 0.934. The summed E-state index contributed by atoms with van der Waals surface area (Å²) in [6.45, 7) is 2.19. The molecule has 0 saturated carbocycles. The van der Waals surface area contributed by atoms with Gasteiger partial charge in [-0.15, -0.1) is 0 Å². The second-order valence-corrected chi connectivity index (χ2v) is 3.65. The molecule has 0 aromatic carbocycles. The van der Waals surface area contributed by atoms with Crippen molar-refractivity contribution in [1.29, 1.82) is 0 Å². The number of hydrogen-bond acceptors (Lipinski definition) is 2. The maximum atomic E-state index is 9.78. The van der Waals surface area contributed by atoms with Gasteiger partial charge in [-0.25, -0.2) is 0 Å². The van der Waals surface area contributed by atoms with Crippen LogP contribution in [0.4, 0.5) is 0 Å². The van der Waals surface area contributed by atoms with Crippen LogP contribution in [0.2, 0.25) is 0 Å². The lowest BCUT2D eigenvalue weighted by atomic mass is 10.0. The Labute approximate surface area is 86.0 Å². The number of aliphatic hydroxyl groups is 1. The molecule has 1 aromatic heterocycles. The Morgan fingerprint density at radius 2 is 2.21 bits per heavy atom. The highest BCUT2D eigenvalue weighted by molar-refractivity contribution is 5.11. The summed E-state index contributed by atoms with van der Waals surface area (Å²) in [6.07, 6.45) is 8.81. The SMILES string of the molecule is CCCCCCC(O)c1cccnc1. The van der Waals surface area contributed by atoms with Crippen molar-refractivity contribution in [3.05, 3.63) is 30.1 Å². The van der Waals surface area contributed by atoms with Crippen molar-refractivity contribution < 1.29 is 5.11 Å². The predicted molar refractivity (Wildman–Crippen MR) is 58.0 cm³/mol. The van der Waals surface area contributed by atoms with Gasteiger partial charge in [0.25, 0.3) is 0 Å². The molecule has 0 spiro atoms. The fraction of sp³-hybridized carbons (Fsp3) is 0.583. The minimum absolute atomic E-state index is 0.333. The first-order valence-corrected chi connectivity index (χ1v) is 5.42. The molecule has 0 bridgehead atoms. The van der Waals surface area contributed by atoms with E-state index in [-0.39, 0.29) is 6.10 Å². The van der Waals surface area contributed by atoms with Gasteiger partial charge in [0.05, 0.1) is 6.10 Å². The molecule has 1 rings (SSSR count). The maximum absolute atomic E-state index is 9.78. The Morgan fingerprint density at radius 3 is 2.86 bits per heavy atom. The van der Waals surface area contributed by atoms with Crippen LogP contribution in [0.15, 0.2) is 24.5 Å². The number of pyridine rings is 1. The van der Waals surface area contributed by atoms with Crippen molar-refractivity contribution in [3.63, 3.8) is 0 Å². The molecule has 2 heteroatoms. The molecule has 0 fully saturated rings. The molecule has 1 atom stereocenters. The van der Waals surface area contributed by atoms with Gasteiger partial charge in [-0.05, 0) is 18.1 Å². The molecule has 14 heavy (non-hydrogen) atoms. The molecule has 0 radical (unpaired) electrons. The van der Waals surface area contributed by atoms with E-state index in [0.717, 1.165) is 18.4 Å². The molecule has 0 aliphatic carbocycles. The van der Waals surface area contributed by atoms with Crippen LogP contribution >= 0.6 is 0 Å². The van der Waals surface area contributed by atoms with Gasteiger partial charge in [0.2, 0.25) is 0 Å². The summed E-state index contributed by atoms with van der Waals surface area (Å²) in [5, 5.41) is 9.78. The number of unbranched alkanes of at least 4 members (excludes halogenated alkanes) is 3. The highest BCUT2D eigenvalue weighted by Gasteiger charge is 2.05. The smallest absolute Gasteiger partial charge is 0.0804 e. The highest BCUT2D eigenvalue weighted by atomic mass is 16.3. The first-order valence-electron chi connectivity index (χ1n) is 5.42. The van der Waals surface area contributed by atoms with Crippen molar-refractivity contribution in [2.45, 2.75) is 45.1 Å². The normalized spacial score (nSPS) is 12.7. The lowest BCUT2D eigenvalue weighted by Gasteiger charge is -2.09. The number of rotatable bonds is 6. The van der Waals surface area contributed by atoms with Gasteiger partial charge in [0.15, 0.2) is 0 Å². The van der Waals surface area contributed by atoms with Crippen LogP contribution in [0, 0.1) is 0 Å². The van der Waals surface area contributed by atoms with Gasteiger partial charge < -0.3 is 5.11 Å². The zero-order valence-corrected chi connectivity index (χ0v) is 8.82. The van der Waals surface area contributed by atoms with Crippen molar-refractivity contribution in [3.8, 4) is 0 Å². The van der Waals surface area contributed by atoms with Gasteiger partial charge >= 0.3 is 0 Å². The topological polar surface area (TPSA) is 33.1 Å². The second kappa shape index (κ2) is 6.55. The molecule has 78 valence electrons. The van der Waals surface area contributed by atoms with Crippen LogP contribution in [0.3, 0.4) is 0 Å². The predicted octanol–water partition coefficient (Wildman–Crippen LogP) is 3.09. The third kappa shape index (κ3) is 3.88. The summed E-state index contributed by atoms with van der Waals surface area (Å²) >= 11 is 0. The summed E-state index contributed by atoms with van der Waals surface area (Å²) in [7, 11) is 0. The van der Waals surface area contributed by atoms with E-state index >= 15 is 0 Å². The van der Waals surface area contributed by atoms with E-state index < -0.39 is 0 Å². The molecule has 2 nitrogen and oxygen atoms in total. The number of aromatic nitrogens is 1. The Balaban J connectivity index is 2.25. The molecular formula is C12H19NO. The molecule has 1 N–H and O–H groups in total. The summed E-state index contributed by atoms with van der Waals surface area (Å²) in [5.74, 6) is 0. The van der Waals surface area contributed by atoms with E-state index in [4.69, 9.17) is 0 Å². The zero-order valence-electron chi connectivity index (χ0n) is 8.82. The second-order valence-electron chi connectivity index (χ2n) is 3.65. The van der Waals surface area contributed by atoms with Crippen molar-refractivity contribution >= 4 is 0 Å². The molecule has 0 saturated heterocycles. The van der Waals surface area contributed by atoms with Gasteiger partial charge in [0.1, 0.15) is 0 Å². The van der Waals surface area contributed by atoms with Gasteiger partial charge in [0, 0.05) is 12.4 Å². The minimum Gasteiger partial charge on any atom is -0.388 e. The highest BCUT2D eigenvalue weighted by Crippen LogP contribution is 2.18. The summed E-state index contributed by atoms with van der Waals surface area (Å²) in [4.78, 5) is 3.99. The molecule has 1 unspecified atom stereocenters. The van der Waals surface area contributed by atoms with Gasteiger partial charge in [-0.3, -0.25) is 4.98 Å². The van der Waals surface area contributed by atoms with E-state index in [0.29, 0.717) is 0 Å². The summed E-state index contributed by atoms with van der Waals surface area (Å²) in [6, 6.07) is 3.79. The monoisotopic (exact) mass is 193 g/mol. The third-order valence-corrected chi connectivity index (χ3v) is 2.40. The first kappa shape index (κ1) is 11.2. The van der Waals surface area contributed by atoms with Crippen LogP contribution in [-0.2, 0) is 0 Å². The standard InChI is InChI=1S/C12H19NO/c1-2-3-4-5-8-12(14)11-7-6-9-13-10-11/h6-7,9-10,12,14H,2-5,8H2,1H3. The van der Waals surface area contributed by atoms with Crippen LogP contribution in [0.25, 0.3) is 0 Å². The number of hydrogen-bond donors (Lipinski definition) is 1. The molecule has 0 aliphatic heterocycles. The molecule has 0 amide bonds. The van der Waals surface area contributed by atoms with Crippen molar-refractivity contribution in [2.24, 2.45) is 0 Å². The number of aliphatic hydroxyl groups excluding tert-OH is 1. The zero-order chi connectivity index (χ0) is 10.2. The fourth-order valence-electron chi connectivity index (χ4n) is 1.50. The fourth-order valence-corrected chi connectivity index (χ4v) is 1.50. The molecular weight excluding hydrogens is 174 g/mol. The van der Waals surface area contributed by atoms with Gasteiger partial charge in [-0.1, -0.05) is 38.7 Å². The van der Waals surface area contributed by atoms with Crippen molar-refractivity contribution in [1.82, 2.24) is 4.98 Å². The van der Waals surface area contributed by atoms with Gasteiger partial charge in [-0.2, -0.15) is 0 Å². The largest absolute Gasteiger partial charge is 0.388 e. The maximum Gasteiger partial charge on any atom is 0.0804 e. The first-order chi connectivity index (χ1) is 6.84. The average Bonchev–Trinajstić information content (AvgIpc) is 2.25. The Hall–Kier alpha value is -0.890. The van der Waals surface area contributed by atoms with Crippen molar-refractivity contribution in [2.75, 3.05) is 0 Å². The summed E-state index contributed by atoms with van der Waals surface area (Å²) < 4.78 is 0. The van der Waals surface area contributed by atoms with Crippen LogP contribution < -0.4 is 0 Å². The van der Waals surface area contributed by atoms with E-state index in [9.17, 15) is 5.11 Å².